The van der Waals surface area contributed by atoms with E-state index >= 15 is 4.39 Å². The van der Waals surface area contributed by atoms with E-state index in [0.29, 0.717) is 21.4 Å². The fraction of sp³-hybridized carbons (Fsp3) is 0.364. The van der Waals surface area contributed by atoms with Crippen LogP contribution in [0.1, 0.15) is 15.9 Å². The van der Waals surface area contributed by atoms with Crippen molar-refractivity contribution in [3.8, 4) is 0 Å². The Kier molecular flexibility index (Phi) is 6.87. The van der Waals surface area contributed by atoms with Crippen molar-refractivity contribution >= 4 is 39.5 Å². The van der Waals surface area contributed by atoms with E-state index in [9.17, 15) is 9.59 Å². The molecule has 0 aliphatic carbocycles. The molecule has 2 aliphatic heterocycles. The Bertz CT molecular complexity index is 1010. The molecular formula is C22H23BrFN3O4S. The zero-order valence-electron chi connectivity index (χ0n) is 17.5. The number of benzene rings is 2. The van der Waals surface area contributed by atoms with Gasteiger partial charge in [-0.2, -0.15) is 0 Å². The van der Waals surface area contributed by atoms with E-state index < -0.39 is 23.0 Å². The van der Waals surface area contributed by atoms with Crippen LogP contribution in [0.15, 0.2) is 53.0 Å². The van der Waals surface area contributed by atoms with E-state index in [4.69, 9.17) is 9.57 Å². The van der Waals surface area contributed by atoms with Gasteiger partial charge in [0.05, 0.1) is 19.3 Å². The number of carbonyl (C=O) groups excluding carboxylic acids is 2. The first-order valence-corrected chi connectivity index (χ1v) is 11.8. The molecule has 2 aliphatic rings. The lowest BCUT2D eigenvalue weighted by Gasteiger charge is -2.44. The molecule has 0 bridgehead atoms. The van der Waals surface area contributed by atoms with E-state index in [1.54, 1.807) is 36.4 Å². The van der Waals surface area contributed by atoms with Crippen LogP contribution in [0.3, 0.4) is 0 Å². The van der Waals surface area contributed by atoms with Crippen molar-refractivity contribution in [2.75, 3.05) is 26.5 Å². The second-order valence-electron chi connectivity index (χ2n) is 7.65. The summed E-state index contributed by atoms with van der Waals surface area (Å²) < 4.78 is 21.7. The highest BCUT2D eigenvalue weighted by Gasteiger charge is 2.58. The summed E-state index contributed by atoms with van der Waals surface area (Å²) in [6, 6.07) is 13.6. The molecule has 0 spiro atoms. The molecule has 4 rings (SSSR count). The third-order valence-corrected chi connectivity index (χ3v) is 7.47. The third-order valence-electron chi connectivity index (χ3n) is 5.85. The highest BCUT2D eigenvalue weighted by Crippen LogP contribution is 2.47. The topological polar surface area (TPSA) is 79.9 Å². The van der Waals surface area contributed by atoms with Crippen LogP contribution in [0, 0.1) is 11.7 Å². The number of hydroxylamine groups is 2. The van der Waals surface area contributed by atoms with E-state index in [2.05, 4.69) is 26.6 Å². The molecule has 2 heterocycles. The molecule has 0 aromatic heterocycles. The lowest BCUT2D eigenvalue weighted by Crippen LogP contribution is -2.62. The number of thioether (sulfide) groups is 1. The van der Waals surface area contributed by atoms with E-state index in [1.165, 1.54) is 32.0 Å². The number of fused-ring (bicyclic) bond motifs is 1. The minimum atomic E-state index is -1.01. The summed E-state index contributed by atoms with van der Waals surface area (Å²) in [5, 5.41) is 7.46. The van der Waals surface area contributed by atoms with Gasteiger partial charge in [0.15, 0.2) is 0 Å². The predicted molar refractivity (Wildman–Crippen MR) is 122 cm³/mol. The van der Waals surface area contributed by atoms with Crippen molar-refractivity contribution in [3.05, 3.63) is 69.9 Å². The Morgan fingerprint density at radius 3 is 2.78 bits per heavy atom. The molecular weight excluding hydrogens is 501 g/mol. The molecule has 2 N–H and O–H groups in total. The molecule has 10 heteroatoms. The van der Waals surface area contributed by atoms with Gasteiger partial charge in [-0.25, -0.2) is 9.45 Å². The number of ether oxygens (including phenoxy) is 1. The fourth-order valence-electron chi connectivity index (χ4n) is 4.13. The van der Waals surface area contributed by atoms with Crippen molar-refractivity contribution in [2.45, 2.75) is 17.1 Å². The smallest absolute Gasteiger partial charge is 0.275 e. The molecule has 170 valence electrons. The lowest BCUT2D eigenvalue weighted by atomic mass is 9.78. The van der Waals surface area contributed by atoms with Gasteiger partial charge in [-0.3, -0.25) is 19.7 Å². The number of likely N-dealkylation sites (N-methyl/N-ethyl adjacent to an activating group) is 1. The maximum atomic E-state index is 15.1. The van der Waals surface area contributed by atoms with E-state index in [1.807, 2.05) is 6.07 Å². The normalized spacial score (nSPS) is 26.9. The molecule has 7 nitrogen and oxygen atoms in total. The van der Waals surface area contributed by atoms with Crippen LogP contribution in [0.2, 0.25) is 0 Å². The first-order valence-electron chi connectivity index (χ1n) is 10.00. The van der Waals surface area contributed by atoms with Gasteiger partial charge < -0.3 is 10.1 Å². The Morgan fingerprint density at radius 1 is 1.31 bits per heavy atom. The maximum Gasteiger partial charge on any atom is 0.275 e. The summed E-state index contributed by atoms with van der Waals surface area (Å²) in [5.74, 6) is -0.922. The number of hydrogen-bond donors (Lipinski definition) is 2. The van der Waals surface area contributed by atoms with Gasteiger partial charge in [0.1, 0.15) is 17.4 Å². The van der Waals surface area contributed by atoms with Crippen molar-refractivity contribution in [1.82, 2.24) is 15.7 Å². The third kappa shape index (κ3) is 4.29. The number of rotatable bonds is 5. The standard InChI is InChI=1S/C22H23BrFN3O4S/c1-27(30-2)20(29)18-16-11-32-21(25-19(28)13-6-4-3-5-7-13)26-22(16,12-31-18)15-10-14(23)8-9-17(15)24/h3-10,16,18,21,26H,11-12H2,1-2H3,(H,25,28)/t16-,18+,21?,22-/m1/s1. The van der Waals surface area contributed by atoms with Crippen LogP contribution in [0.5, 0.6) is 0 Å². The number of nitrogens with one attached hydrogen (secondary N) is 2. The predicted octanol–water partition coefficient (Wildman–Crippen LogP) is 2.87. The number of amides is 2. The Hall–Kier alpha value is -1.98. The van der Waals surface area contributed by atoms with Gasteiger partial charge in [-0.1, -0.05) is 34.1 Å². The number of carbonyl (C=O) groups is 2. The van der Waals surface area contributed by atoms with Crippen LogP contribution in [0.4, 0.5) is 4.39 Å². The molecule has 32 heavy (non-hydrogen) atoms. The SMILES string of the molecule is CON(C)C(=O)[C@H]1OC[C@]2(c3cc(Br)ccc3F)NC(NC(=O)c3ccccc3)SC[C@H]12. The second-order valence-corrected chi connectivity index (χ2v) is 9.70. The molecule has 4 atom stereocenters. The first-order chi connectivity index (χ1) is 15.4. The van der Waals surface area contributed by atoms with Crippen molar-refractivity contribution in [3.63, 3.8) is 0 Å². The summed E-state index contributed by atoms with van der Waals surface area (Å²) in [7, 11) is 2.91. The van der Waals surface area contributed by atoms with Crippen LogP contribution in [-0.2, 0) is 19.9 Å². The molecule has 2 fully saturated rings. The monoisotopic (exact) mass is 523 g/mol. The summed E-state index contributed by atoms with van der Waals surface area (Å²) in [6.45, 7) is 0.0667. The van der Waals surface area contributed by atoms with Gasteiger partial charge in [-0.15, -0.1) is 11.8 Å². The number of hydrogen-bond acceptors (Lipinski definition) is 6. The highest BCUT2D eigenvalue weighted by molar-refractivity contribution is 9.10. The average molecular weight is 524 g/mol. The minimum Gasteiger partial charge on any atom is -0.366 e. The zero-order chi connectivity index (χ0) is 22.9. The Morgan fingerprint density at radius 2 is 2.06 bits per heavy atom. The van der Waals surface area contributed by atoms with E-state index in [0.717, 1.165) is 5.06 Å². The summed E-state index contributed by atoms with van der Waals surface area (Å²) >= 11 is 4.85. The van der Waals surface area contributed by atoms with Gasteiger partial charge in [0, 0.05) is 34.3 Å². The van der Waals surface area contributed by atoms with E-state index in [-0.39, 0.29) is 24.3 Å². The molecule has 2 aromatic rings. The zero-order valence-corrected chi connectivity index (χ0v) is 19.9. The minimum absolute atomic E-state index is 0.0667. The summed E-state index contributed by atoms with van der Waals surface area (Å²) in [5.41, 5.74) is -0.610. The molecule has 2 saturated heterocycles. The van der Waals surface area contributed by atoms with Crippen LogP contribution >= 0.6 is 27.7 Å². The fourth-order valence-corrected chi connectivity index (χ4v) is 5.84. The largest absolute Gasteiger partial charge is 0.366 e. The molecule has 1 unspecified atom stereocenters. The van der Waals surface area contributed by atoms with Gasteiger partial charge >= 0.3 is 0 Å². The first kappa shape index (κ1) is 23.2. The average Bonchev–Trinajstić information content (AvgIpc) is 3.19. The van der Waals surface area contributed by atoms with Gasteiger partial charge in [0.2, 0.25) is 0 Å². The Labute approximate surface area is 198 Å². The van der Waals surface area contributed by atoms with Crippen LogP contribution in [-0.4, -0.2) is 55.0 Å². The lowest BCUT2D eigenvalue weighted by molar-refractivity contribution is -0.179. The quantitative estimate of drug-likeness (QED) is 0.586. The highest BCUT2D eigenvalue weighted by atomic mass is 79.9. The summed E-state index contributed by atoms with van der Waals surface area (Å²) in [6.07, 6.45) is -0.816. The number of nitrogens with zero attached hydrogens (tertiary/aromatic N) is 1. The van der Waals surface area contributed by atoms with Crippen molar-refractivity contribution in [2.24, 2.45) is 5.92 Å². The molecule has 0 radical (unpaired) electrons. The second kappa shape index (κ2) is 9.48. The molecule has 0 saturated carbocycles. The Balaban J connectivity index is 1.66. The molecule has 2 amide bonds. The maximum absolute atomic E-state index is 15.1. The van der Waals surface area contributed by atoms with Crippen LogP contribution < -0.4 is 10.6 Å². The van der Waals surface area contributed by atoms with Crippen LogP contribution in [0.25, 0.3) is 0 Å². The molecule has 2 aromatic carbocycles. The summed E-state index contributed by atoms with van der Waals surface area (Å²) in [4.78, 5) is 30.6. The van der Waals surface area contributed by atoms with Crippen molar-refractivity contribution < 1.29 is 23.6 Å². The van der Waals surface area contributed by atoms with Gasteiger partial charge in [0.25, 0.3) is 11.8 Å². The van der Waals surface area contributed by atoms with Gasteiger partial charge in [-0.05, 0) is 30.3 Å². The number of halogens is 2. The van der Waals surface area contributed by atoms with Crippen molar-refractivity contribution in [1.29, 1.82) is 0 Å².